The number of aliphatic carboxylic acids is 4. The number of aliphatic hydroxyl groups excluding tert-OH is 3. The summed E-state index contributed by atoms with van der Waals surface area (Å²) < 4.78 is 7.85. The average Bonchev–Trinajstić information content (AvgIpc) is 3.92. The van der Waals surface area contributed by atoms with E-state index in [4.69, 9.17) is 4.74 Å². The molecule has 5 atom stereocenters. The van der Waals surface area contributed by atoms with E-state index in [0.29, 0.717) is 18.9 Å². The van der Waals surface area contributed by atoms with Crippen molar-refractivity contribution in [1.82, 2.24) is 18.9 Å². The number of imide groups is 2. The van der Waals surface area contributed by atoms with Crippen LogP contribution in [0, 0.1) is 5.41 Å². The third-order valence-corrected chi connectivity index (χ3v) is 11.3. The van der Waals surface area contributed by atoms with Crippen LogP contribution in [0.2, 0.25) is 0 Å². The lowest BCUT2D eigenvalue weighted by Gasteiger charge is -2.60. The van der Waals surface area contributed by atoms with Crippen LogP contribution in [0.4, 0.5) is 0 Å². The van der Waals surface area contributed by atoms with Gasteiger partial charge in [-0.05, 0) is 19.3 Å². The minimum absolute atomic E-state index is 0.437. The highest BCUT2D eigenvalue weighted by molar-refractivity contribution is 6.03. The fraction of sp³-hybridized carbons (Fsp3) is 0.568. The Balaban J connectivity index is 2.35. The predicted octanol–water partition coefficient (Wildman–Crippen LogP) is -0.566. The summed E-state index contributed by atoms with van der Waals surface area (Å²) in [6.45, 7) is -3.37. The van der Waals surface area contributed by atoms with Crippen LogP contribution in [0.25, 0.3) is 0 Å². The monoisotopic (exact) mass is 868 g/mol. The number of rotatable bonds is 25. The number of carbonyl (C=O) groups is 8. The van der Waals surface area contributed by atoms with Gasteiger partial charge < -0.3 is 60.9 Å². The third-order valence-electron chi connectivity index (χ3n) is 11.3. The number of ether oxygens (including phenoxy) is 1. The molecule has 2 aromatic rings. The van der Waals surface area contributed by atoms with Crippen molar-refractivity contribution in [3.63, 3.8) is 0 Å². The van der Waals surface area contributed by atoms with Crippen LogP contribution in [-0.2, 0) is 43.1 Å². The van der Waals surface area contributed by atoms with Gasteiger partial charge in [0.2, 0.25) is 23.6 Å². The molecule has 0 aromatic carbocycles. The molecule has 2 saturated heterocycles. The van der Waals surface area contributed by atoms with E-state index in [1.165, 1.54) is 0 Å². The number of carboxylic acid groups (broad SMARTS) is 4. The molecule has 0 spiro atoms. The zero-order chi connectivity index (χ0) is 45.6. The van der Waals surface area contributed by atoms with E-state index in [1.807, 2.05) is 0 Å². The summed E-state index contributed by atoms with van der Waals surface area (Å²) in [5.74, 6) is -14.1. The number of hydrogen-bond acceptors (Lipinski definition) is 16. The van der Waals surface area contributed by atoms with Crippen LogP contribution >= 0.6 is 0 Å². The highest BCUT2D eigenvalue weighted by Crippen LogP contribution is 2.59. The van der Waals surface area contributed by atoms with Crippen LogP contribution in [-0.4, -0.2) is 160 Å². The third kappa shape index (κ3) is 9.40. The van der Waals surface area contributed by atoms with Crippen LogP contribution in [0.1, 0.15) is 89.1 Å². The van der Waals surface area contributed by atoms with Crippen LogP contribution in [0.3, 0.4) is 0 Å². The summed E-state index contributed by atoms with van der Waals surface area (Å²) in [6.07, 6.45) is -14.4. The van der Waals surface area contributed by atoms with E-state index in [1.54, 1.807) is 0 Å². The van der Waals surface area contributed by atoms with E-state index >= 15 is 0 Å². The molecule has 61 heavy (non-hydrogen) atoms. The van der Waals surface area contributed by atoms with Crippen molar-refractivity contribution < 1.29 is 99.3 Å². The molecule has 4 heterocycles. The second-order valence-corrected chi connectivity index (χ2v) is 14.8. The van der Waals surface area contributed by atoms with Gasteiger partial charge in [-0.1, -0.05) is 0 Å². The molecule has 2 aromatic heterocycles. The Hall–Kier alpha value is -6.24. The molecule has 24 nitrogen and oxygen atoms in total. The lowest BCUT2D eigenvalue weighted by atomic mass is 9.58. The molecule has 336 valence electrons. The van der Waals surface area contributed by atoms with Gasteiger partial charge in [0.15, 0.2) is 23.5 Å². The molecule has 2 aliphatic rings. The molecule has 24 heteroatoms. The van der Waals surface area contributed by atoms with Gasteiger partial charge in [0, 0.05) is 82.1 Å². The average molecular weight is 869 g/mol. The second-order valence-electron chi connectivity index (χ2n) is 14.8. The van der Waals surface area contributed by atoms with E-state index in [0.717, 1.165) is 24.3 Å². The summed E-state index contributed by atoms with van der Waals surface area (Å²) >= 11 is 0. The van der Waals surface area contributed by atoms with Crippen LogP contribution < -0.4 is 0 Å². The molecular weight excluding hydrogens is 820 g/mol. The summed E-state index contributed by atoms with van der Waals surface area (Å²) in [4.78, 5) is 104. The molecule has 5 unspecified atom stereocenters. The van der Waals surface area contributed by atoms with Gasteiger partial charge in [0.25, 0.3) is 0 Å². The molecule has 2 aliphatic heterocycles. The molecule has 0 radical (unpaired) electrons. The smallest absolute Gasteiger partial charge is 0.303 e. The second kappa shape index (κ2) is 19.4. The Kier molecular flexibility index (Phi) is 15.1. The largest absolute Gasteiger partial charge is 0.494 e. The summed E-state index contributed by atoms with van der Waals surface area (Å²) in [5.41, 5.74) is -6.52. The Bertz CT molecular complexity index is 1860. The SMILES string of the molecule is O=C(O)CCC(OC(C(CCC(=O)O)n1c(O)ccc1O)(C(CCC(=O)O)n1c(O)ccc1O)C(CO)(CO)C(O)C(CCC(=O)O)N1C(=O)CCC1=O)N1C(=O)CCC1=O. The van der Waals surface area contributed by atoms with Crippen molar-refractivity contribution in [3.05, 3.63) is 24.3 Å². The molecule has 0 saturated carbocycles. The van der Waals surface area contributed by atoms with Gasteiger partial charge >= 0.3 is 23.9 Å². The van der Waals surface area contributed by atoms with Crippen molar-refractivity contribution in [2.75, 3.05) is 13.2 Å². The standard InChI is InChI=1S/C37H48N4O20/c42-17-36(18-43,35(60)19(1-13-31(52)53)38-22(44)4-5-23(38)45)37(20(2-14-32(54)55)39-24(46)6-7-25(39)47,21(3-15-33(56)57)40-26(48)8-9-27(40)49)61-30(12-16-34(58)59)41-28(50)10-11-29(41)51/h6-9,19-21,30,35,42-43,46-49,60H,1-5,10-18H2,(H,52,53)(H,54,55)(H,56,57)(H,58,59). The van der Waals surface area contributed by atoms with Crippen molar-refractivity contribution in [2.45, 2.75) is 113 Å². The molecule has 0 aliphatic carbocycles. The van der Waals surface area contributed by atoms with Gasteiger partial charge in [-0.15, -0.1) is 0 Å². The predicted molar refractivity (Wildman–Crippen MR) is 197 cm³/mol. The number of carbonyl (C=O) groups excluding carboxylic acids is 4. The van der Waals surface area contributed by atoms with E-state index in [9.17, 15) is 94.5 Å². The number of aliphatic hydroxyl groups is 3. The number of nitrogens with zero attached hydrogens (tertiary/aromatic N) is 4. The number of carboxylic acids is 4. The summed E-state index contributed by atoms with van der Waals surface area (Å²) in [7, 11) is 0. The quantitative estimate of drug-likeness (QED) is 0.0557. The Morgan fingerprint density at radius 3 is 1.23 bits per heavy atom. The first-order valence-electron chi connectivity index (χ1n) is 19.0. The molecule has 2 fully saturated rings. The first-order chi connectivity index (χ1) is 28.7. The Morgan fingerprint density at radius 1 is 0.557 bits per heavy atom. The normalized spacial score (nSPS) is 18.2. The zero-order valence-corrected chi connectivity index (χ0v) is 32.5. The fourth-order valence-corrected chi connectivity index (χ4v) is 8.62. The van der Waals surface area contributed by atoms with Gasteiger partial charge in [0.1, 0.15) is 11.8 Å². The fourth-order valence-electron chi connectivity index (χ4n) is 8.62. The molecular formula is C37H48N4O20. The van der Waals surface area contributed by atoms with Crippen LogP contribution in [0.15, 0.2) is 24.3 Å². The minimum Gasteiger partial charge on any atom is -0.494 e. The van der Waals surface area contributed by atoms with Gasteiger partial charge in [-0.25, -0.2) is 0 Å². The van der Waals surface area contributed by atoms with E-state index < -0.39 is 203 Å². The maximum atomic E-state index is 13.5. The number of aromatic hydroxyl groups is 4. The molecule has 11 N–H and O–H groups in total. The number of hydrogen-bond donors (Lipinski definition) is 11. The van der Waals surface area contributed by atoms with E-state index in [-0.39, 0.29) is 0 Å². The van der Waals surface area contributed by atoms with Crippen molar-refractivity contribution in [3.8, 4) is 23.5 Å². The Labute approximate surface area is 345 Å². The van der Waals surface area contributed by atoms with Gasteiger partial charge in [0.05, 0.1) is 42.9 Å². The first-order valence-corrected chi connectivity index (χ1v) is 19.0. The zero-order valence-electron chi connectivity index (χ0n) is 32.5. The number of likely N-dealkylation sites (tertiary alicyclic amines) is 2. The summed E-state index contributed by atoms with van der Waals surface area (Å²) in [6, 6.07) is -3.22. The van der Waals surface area contributed by atoms with Crippen molar-refractivity contribution in [2.24, 2.45) is 5.41 Å². The van der Waals surface area contributed by atoms with Gasteiger partial charge in [-0.2, -0.15) is 0 Å². The van der Waals surface area contributed by atoms with E-state index in [2.05, 4.69) is 0 Å². The first kappa shape index (κ1) is 47.4. The number of aromatic nitrogens is 2. The summed E-state index contributed by atoms with van der Waals surface area (Å²) in [5, 5.41) is 122. The maximum absolute atomic E-state index is 13.5. The highest BCUT2D eigenvalue weighted by atomic mass is 16.5. The molecule has 4 amide bonds. The van der Waals surface area contributed by atoms with Crippen molar-refractivity contribution >= 4 is 47.5 Å². The Morgan fingerprint density at radius 2 is 0.885 bits per heavy atom. The maximum Gasteiger partial charge on any atom is 0.303 e. The topological polar surface area (TPSA) is 385 Å². The minimum atomic E-state index is -3.33. The van der Waals surface area contributed by atoms with Crippen molar-refractivity contribution in [1.29, 1.82) is 0 Å². The molecule has 4 rings (SSSR count). The number of amides is 4. The highest BCUT2D eigenvalue weighted by Gasteiger charge is 2.69. The molecule has 0 bridgehead atoms. The lowest BCUT2D eigenvalue weighted by Crippen LogP contribution is -2.72. The lowest BCUT2D eigenvalue weighted by molar-refractivity contribution is -0.291. The van der Waals surface area contributed by atoms with Gasteiger partial charge in [-0.3, -0.25) is 57.3 Å². The van der Waals surface area contributed by atoms with Crippen LogP contribution in [0.5, 0.6) is 23.5 Å².